The van der Waals surface area contributed by atoms with E-state index in [-0.39, 0.29) is 12.4 Å². The molecule has 0 saturated heterocycles. The van der Waals surface area contributed by atoms with Gasteiger partial charge in [-0.15, -0.1) is 12.4 Å². The van der Waals surface area contributed by atoms with Gasteiger partial charge in [0.1, 0.15) is 0 Å². The van der Waals surface area contributed by atoms with E-state index in [1.165, 1.54) is 0 Å². The highest BCUT2D eigenvalue weighted by atomic mass is 35.5. The highest BCUT2D eigenvalue weighted by Gasteiger charge is 2.27. The maximum absolute atomic E-state index is 5.15. The SMILES string of the molecule is COC1CC(NN)C1.Cl. The zero-order chi connectivity index (χ0) is 5.98. The molecular weight excluding hydrogens is 140 g/mol. The molecule has 0 amide bonds. The molecular formula is C5H13ClN2O. The van der Waals surface area contributed by atoms with Crippen LogP contribution in [0.3, 0.4) is 0 Å². The van der Waals surface area contributed by atoms with Gasteiger partial charge in [-0.1, -0.05) is 0 Å². The van der Waals surface area contributed by atoms with Crippen molar-refractivity contribution in [2.45, 2.75) is 25.0 Å². The number of hydrogen-bond donors (Lipinski definition) is 2. The molecule has 3 nitrogen and oxygen atoms in total. The maximum Gasteiger partial charge on any atom is 0.0602 e. The minimum atomic E-state index is 0. The molecule has 4 heteroatoms. The maximum atomic E-state index is 5.15. The molecule has 3 N–H and O–H groups in total. The predicted octanol–water partition coefficient (Wildman–Crippen LogP) is 0.0489. The van der Waals surface area contributed by atoms with Crippen molar-refractivity contribution in [1.82, 2.24) is 5.43 Å². The molecule has 0 aromatic rings. The van der Waals surface area contributed by atoms with E-state index in [4.69, 9.17) is 10.6 Å². The van der Waals surface area contributed by atoms with Crippen LogP contribution < -0.4 is 11.3 Å². The Morgan fingerprint density at radius 1 is 1.56 bits per heavy atom. The summed E-state index contributed by atoms with van der Waals surface area (Å²) in [5.74, 6) is 5.15. The Hall–Kier alpha value is 0.170. The van der Waals surface area contributed by atoms with E-state index in [2.05, 4.69) is 5.43 Å². The molecule has 0 radical (unpaired) electrons. The van der Waals surface area contributed by atoms with Gasteiger partial charge in [-0.05, 0) is 12.8 Å². The lowest BCUT2D eigenvalue weighted by Gasteiger charge is -2.33. The molecule has 1 aliphatic rings. The normalized spacial score (nSPS) is 32.7. The molecule has 0 aliphatic heterocycles. The number of ether oxygens (including phenoxy) is 1. The van der Waals surface area contributed by atoms with Gasteiger partial charge in [-0.2, -0.15) is 0 Å². The molecule has 0 aromatic carbocycles. The fraction of sp³-hybridized carbons (Fsp3) is 1.00. The lowest BCUT2D eigenvalue weighted by atomic mass is 9.90. The summed E-state index contributed by atoms with van der Waals surface area (Å²) in [4.78, 5) is 0. The summed E-state index contributed by atoms with van der Waals surface area (Å²) in [6.07, 6.45) is 2.58. The van der Waals surface area contributed by atoms with Crippen molar-refractivity contribution in [1.29, 1.82) is 0 Å². The van der Waals surface area contributed by atoms with Gasteiger partial charge in [0, 0.05) is 13.2 Å². The zero-order valence-corrected chi connectivity index (χ0v) is 6.28. The number of halogens is 1. The molecule has 0 unspecified atom stereocenters. The number of methoxy groups -OCH3 is 1. The molecule has 1 rings (SSSR count). The lowest BCUT2D eigenvalue weighted by molar-refractivity contribution is 0.0175. The average molecular weight is 153 g/mol. The second-order valence-electron chi connectivity index (χ2n) is 2.19. The van der Waals surface area contributed by atoms with Gasteiger partial charge < -0.3 is 4.74 Å². The molecule has 0 bridgehead atoms. The summed E-state index contributed by atoms with van der Waals surface area (Å²) < 4.78 is 5.02. The summed E-state index contributed by atoms with van der Waals surface area (Å²) >= 11 is 0. The summed E-state index contributed by atoms with van der Waals surface area (Å²) in [6, 6.07) is 0.500. The van der Waals surface area contributed by atoms with Gasteiger partial charge in [0.2, 0.25) is 0 Å². The van der Waals surface area contributed by atoms with Crippen LogP contribution in [-0.4, -0.2) is 19.3 Å². The Morgan fingerprint density at radius 2 is 2.11 bits per heavy atom. The first-order valence-corrected chi connectivity index (χ1v) is 2.85. The van der Waals surface area contributed by atoms with Crippen LogP contribution in [0.1, 0.15) is 12.8 Å². The van der Waals surface area contributed by atoms with E-state index in [1.54, 1.807) is 7.11 Å². The monoisotopic (exact) mass is 152 g/mol. The Bertz CT molecular complexity index is 67.4. The third-order valence-corrected chi connectivity index (χ3v) is 1.66. The quantitative estimate of drug-likeness (QED) is 0.434. The van der Waals surface area contributed by atoms with Gasteiger partial charge in [-0.25, -0.2) is 0 Å². The van der Waals surface area contributed by atoms with Crippen LogP contribution in [-0.2, 0) is 4.74 Å². The molecule has 0 heterocycles. The van der Waals surface area contributed by atoms with Crippen LogP contribution >= 0.6 is 12.4 Å². The van der Waals surface area contributed by atoms with Crippen molar-refractivity contribution < 1.29 is 4.74 Å². The average Bonchev–Trinajstić information content (AvgIpc) is 1.65. The van der Waals surface area contributed by atoms with E-state index in [9.17, 15) is 0 Å². The van der Waals surface area contributed by atoms with Crippen LogP contribution in [0.5, 0.6) is 0 Å². The highest BCUT2D eigenvalue weighted by Crippen LogP contribution is 2.21. The largest absolute Gasteiger partial charge is 0.381 e. The predicted molar refractivity (Wildman–Crippen MR) is 38.4 cm³/mol. The van der Waals surface area contributed by atoms with Crippen LogP contribution in [0.4, 0.5) is 0 Å². The van der Waals surface area contributed by atoms with Gasteiger partial charge >= 0.3 is 0 Å². The van der Waals surface area contributed by atoms with E-state index in [1.807, 2.05) is 0 Å². The molecule has 1 fully saturated rings. The lowest BCUT2D eigenvalue weighted by Crippen LogP contribution is -2.48. The van der Waals surface area contributed by atoms with Gasteiger partial charge in [-0.3, -0.25) is 11.3 Å². The summed E-state index contributed by atoms with van der Waals surface area (Å²) in [6.45, 7) is 0. The highest BCUT2D eigenvalue weighted by molar-refractivity contribution is 5.85. The van der Waals surface area contributed by atoms with E-state index in [0.717, 1.165) is 12.8 Å². The Labute approximate surface area is 61.3 Å². The molecule has 56 valence electrons. The van der Waals surface area contributed by atoms with E-state index in [0.29, 0.717) is 12.1 Å². The van der Waals surface area contributed by atoms with Crippen LogP contribution in [0, 0.1) is 0 Å². The number of rotatable bonds is 2. The minimum Gasteiger partial charge on any atom is -0.381 e. The van der Waals surface area contributed by atoms with Crippen molar-refractivity contribution in [3.8, 4) is 0 Å². The van der Waals surface area contributed by atoms with Crippen molar-refractivity contribution in [2.24, 2.45) is 5.84 Å². The first-order chi connectivity index (χ1) is 3.86. The van der Waals surface area contributed by atoms with E-state index >= 15 is 0 Å². The minimum absolute atomic E-state index is 0. The topological polar surface area (TPSA) is 47.3 Å². The van der Waals surface area contributed by atoms with Crippen molar-refractivity contribution >= 4 is 12.4 Å². The summed E-state index contributed by atoms with van der Waals surface area (Å²) in [7, 11) is 1.73. The fourth-order valence-corrected chi connectivity index (χ4v) is 0.894. The smallest absolute Gasteiger partial charge is 0.0602 e. The third-order valence-electron chi connectivity index (χ3n) is 1.66. The van der Waals surface area contributed by atoms with Crippen LogP contribution in [0.25, 0.3) is 0 Å². The Balaban J connectivity index is 0.000000640. The van der Waals surface area contributed by atoms with Gasteiger partial charge in [0.15, 0.2) is 0 Å². The third kappa shape index (κ3) is 2.10. The standard InChI is InChI=1S/C5H12N2O.ClH/c1-8-5-2-4(3-5)7-6;/h4-5,7H,2-3,6H2,1H3;1H. The van der Waals surface area contributed by atoms with Crippen molar-refractivity contribution in [2.75, 3.05) is 7.11 Å². The van der Waals surface area contributed by atoms with Crippen LogP contribution in [0.15, 0.2) is 0 Å². The first kappa shape index (κ1) is 9.17. The van der Waals surface area contributed by atoms with Gasteiger partial charge in [0.25, 0.3) is 0 Å². The molecule has 0 aromatic heterocycles. The van der Waals surface area contributed by atoms with Crippen molar-refractivity contribution in [3.63, 3.8) is 0 Å². The zero-order valence-electron chi connectivity index (χ0n) is 5.46. The summed E-state index contributed by atoms with van der Waals surface area (Å²) in [5, 5.41) is 0. The number of hydrogen-bond acceptors (Lipinski definition) is 3. The van der Waals surface area contributed by atoms with E-state index < -0.39 is 0 Å². The first-order valence-electron chi connectivity index (χ1n) is 2.85. The van der Waals surface area contributed by atoms with Gasteiger partial charge in [0.05, 0.1) is 6.10 Å². The molecule has 9 heavy (non-hydrogen) atoms. The second kappa shape index (κ2) is 4.06. The molecule has 1 aliphatic carbocycles. The number of nitrogens with one attached hydrogen (secondary N) is 1. The number of hydrazine groups is 1. The van der Waals surface area contributed by atoms with Crippen molar-refractivity contribution in [3.05, 3.63) is 0 Å². The molecule has 1 saturated carbocycles. The summed E-state index contributed by atoms with van der Waals surface area (Å²) in [5.41, 5.74) is 2.69. The van der Waals surface area contributed by atoms with Crippen LogP contribution in [0.2, 0.25) is 0 Å². The second-order valence-corrected chi connectivity index (χ2v) is 2.19. The Kier molecular flexibility index (Phi) is 4.14. The Morgan fingerprint density at radius 3 is 2.44 bits per heavy atom. The molecule has 0 spiro atoms. The fourth-order valence-electron chi connectivity index (χ4n) is 0.894. The molecule has 0 atom stereocenters. The number of nitrogens with two attached hydrogens (primary N) is 1.